The van der Waals surface area contributed by atoms with Crippen LogP contribution in [0.1, 0.15) is 48.6 Å². The van der Waals surface area contributed by atoms with Crippen molar-refractivity contribution in [2.75, 3.05) is 4.90 Å². The molecule has 0 bridgehead atoms. The zero-order valence-electron chi connectivity index (χ0n) is 31.1. The number of nitrogens with zero attached hydrogens (tertiary/aromatic N) is 4. The minimum atomic E-state index is -0.124. The van der Waals surface area contributed by atoms with Gasteiger partial charge in [0, 0.05) is 44.1 Å². The van der Waals surface area contributed by atoms with Crippen LogP contribution in [0.2, 0.25) is 0 Å². The Morgan fingerprint density at radius 1 is 0.518 bits per heavy atom. The highest BCUT2D eigenvalue weighted by molar-refractivity contribution is 6.12. The summed E-state index contributed by atoms with van der Waals surface area (Å²) in [5, 5.41) is 3.28. The van der Waals surface area contributed by atoms with Gasteiger partial charge in [0.2, 0.25) is 0 Å². The average molecular weight is 719 g/mol. The van der Waals surface area contributed by atoms with Gasteiger partial charge in [0.1, 0.15) is 17.4 Å². The van der Waals surface area contributed by atoms with Crippen molar-refractivity contribution in [1.82, 2.24) is 14.5 Å². The topological polar surface area (TPSA) is 47.1 Å². The summed E-state index contributed by atoms with van der Waals surface area (Å²) in [6, 6.07) is 53.4. The smallest absolute Gasteiger partial charge is 0.197 e. The van der Waals surface area contributed by atoms with Gasteiger partial charge in [-0.25, -0.2) is 9.97 Å². The molecule has 3 heterocycles. The maximum atomic E-state index is 6.48. The van der Waals surface area contributed by atoms with Gasteiger partial charge in [0.25, 0.3) is 0 Å². The van der Waals surface area contributed by atoms with Crippen LogP contribution in [0.15, 0.2) is 156 Å². The molecule has 0 aliphatic heterocycles. The number of hydrogen-bond donors (Lipinski definition) is 0. The Balaban J connectivity index is 1.04. The van der Waals surface area contributed by atoms with Crippen molar-refractivity contribution in [2.45, 2.75) is 31.6 Å². The molecule has 13 rings (SSSR count). The summed E-state index contributed by atoms with van der Waals surface area (Å²) in [7, 11) is 0. The van der Waals surface area contributed by atoms with Crippen LogP contribution in [-0.4, -0.2) is 14.5 Å². The van der Waals surface area contributed by atoms with Crippen molar-refractivity contribution in [3.8, 4) is 28.1 Å². The fourth-order valence-electron chi connectivity index (χ4n) is 10.5. The van der Waals surface area contributed by atoms with E-state index in [-0.39, 0.29) is 10.8 Å². The second kappa shape index (κ2) is 10.2. The molecule has 10 aromatic rings. The highest BCUT2D eigenvalue weighted by Gasteiger charge is 2.55. The predicted molar refractivity (Wildman–Crippen MR) is 227 cm³/mol. The summed E-state index contributed by atoms with van der Waals surface area (Å²) in [5.41, 5.74) is 20.1. The molecule has 3 aliphatic carbocycles. The van der Waals surface area contributed by atoms with Crippen LogP contribution >= 0.6 is 0 Å². The first-order valence-electron chi connectivity index (χ1n) is 19.4. The molecule has 3 aromatic heterocycles. The molecule has 0 spiro atoms. The van der Waals surface area contributed by atoms with E-state index in [2.05, 4.69) is 163 Å². The van der Waals surface area contributed by atoms with Crippen LogP contribution in [0.4, 0.5) is 17.1 Å². The molecule has 1 unspecified atom stereocenters. The van der Waals surface area contributed by atoms with Crippen molar-refractivity contribution in [1.29, 1.82) is 0 Å². The summed E-state index contributed by atoms with van der Waals surface area (Å²) in [6.07, 6.45) is 1.65. The molecule has 5 nitrogen and oxygen atoms in total. The van der Waals surface area contributed by atoms with Gasteiger partial charge in [-0.2, -0.15) is 0 Å². The number of benzene rings is 7. The van der Waals surface area contributed by atoms with Crippen LogP contribution in [0.3, 0.4) is 0 Å². The molecule has 0 saturated carbocycles. The van der Waals surface area contributed by atoms with E-state index in [0.29, 0.717) is 5.58 Å². The Hall–Kier alpha value is -6.98. The molecule has 1 atom stereocenters. The molecule has 0 radical (unpaired) electrons. The predicted octanol–water partition coefficient (Wildman–Crippen LogP) is 12.9. The van der Waals surface area contributed by atoms with Crippen LogP contribution in [0.25, 0.3) is 71.9 Å². The van der Waals surface area contributed by atoms with Gasteiger partial charge in [-0.3, -0.25) is 4.57 Å². The van der Waals surface area contributed by atoms with Gasteiger partial charge in [-0.1, -0.05) is 98.8 Å². The molecular weight excluding hydrogens is 685 g/mol. The van der Waals surface area contributed by atoms with Gasteiger partial charge < -0.3 is 9.32 Å². The first-order valence-corrected chi connectivity index (χ1v) is 19.4. The van der Waals surface area contributed by atoms with Crippen LogP contribution in [0, 0.1) is 0 Å². The SMILES string of the molecule is CC1(C)c2ccccc2-c2ccc(N(c3ccc4c(c3)C3(C)c5cccc-4c53)c3ccc4c(c3)c3ccccc3n4-c3ncnc4c3oc3ccccc34)cc21. The Bertz CT molecular complexity index is 3380. The van der Waals surface area contributed by atoms with Gasteiger partial charge in [0.15, 0.2) is 11.4 Å². The number of anilines is 3. The summed E-state index contributed by atoms with van der Waals surface area (Å²) in [4.78, 5) is 12.0. The van der Waals surface area contributed by atoms with E-state index in [9.17, 15) is 0 Å². The highest BCUT2D eigenvalue weighted by Crippen LogP contribution is 2.66. The molecule has 7 aromatic carbocycles. The van der Waals surface area contributed by atoms with Crippen molar-refractivity contribution in [2.24, 2.45) is 0 Å². The Morgan fingerprint density at radius 3 is 2.04 bits per heavy atom. The van der Waals surface area contributed by atoms with Crippen LogP contribution in [0.5, 0.6) is 0 Å². The van der Waals surface area contributed by atoms with Gasteiger partial charge in [-0.15, -0.1) is 0 Å². The molecule has 0 fully saturated rings. The zero-order valence-corrected chi connectivity index (χ0v) is 31.1. The van der Waals surface area contributed by atoms with E-state index in [0.717, 1.165) is 61.2 Å². The van der Waals surface area contributed by atoms with Crippen LogP contribution in [-0.2, 0) is 10.8 Å². The standard InChI is InChI=1S/C51H34N4O/c1-50(2)39-15-7-4-11-32(39)33-22-19-30(26-41(33)50)54(31-20-23-34-36-14-10-16-40-46(36)51(40,3)42(34)27-31)29-21-24-44-38(25-29)35-12-5-8-17-43(35)55(44)49-48-47(52-28-53-49)37-13-6-9-18-45(37)56-48/h4-28H,1-3H3. The Labute approximate surface area is 323 Å². The highest BCUT2D eigenvalue weighted by atomic mass is 16.3. The molecule has 3 aliphatic rings. The largest absolute Gasteiger partial charge is 0.450 e. The van der Waals surface area contributed by atoms with E-state index < -0.39 is 0 Å². The lowest BCUT2D eigenvalue weighted by molar-refractivity contribution is 0.660. The second-order valence-corrected chi connectivity index (χ2v) is 16.3. The minimum absolute atomic E-state index is 0.0195. The number of aromatic nitrogens is 3. The van der Waals surface area contributed by atoms with Gasteiger partial charge in [0.05, 0.1) is 11.0 Å². The molecule has 0 saturated heterocycles. The summed E-state index contributed by atoms with van der Waals surface area (Å²) in [5.74, 6) is 0.734. The lowest BCUT2D eigenvalue weighted by Crippen LogP contribution is -2.17. The fraction of sp³-hybridized carbons (Fsp3) is 0.0980. The van der Waals surface area contributed by atoms with E-state index in [4.69, 9.17) is 9.40 Å². The third-order valence-corrected chi connectivity index (χ3v) is 13.2. The monoisotopic (exact) mass is 718 g/mol. The van der Waals surface area contributed by atoms with Crippen molar-refractivity contribution >= 4 is 60.9 Å². The van der Waals surface area contributed by atoms with E-state index in [1.165, 1.54) is 50.1 Å². The number of hydrogen-bond acceptors (Lipinski definition) is 4. The lowest BCUT2D eigenvalue weighted by atomic mass is 9.82. The summed E-state index contributed by atoms with van der Waals surface area (Å²) >= 11 is 0. The van der Waals surface area contributed by atoms with Crippen molar-refractivity contribution < 1.29 is 4.42 Å². The van der Waals surface area contributed by atoms with E-state index in [1.807, 2.05) is 18.2 Å². The Kier molecular flexibility index (Phi) is 5.53. The summed E-state index contributed by atoms with van der Waals surface area (Å²) < 4.78 is 8.71. The maximum Gasteiger partial charge on any atom is 0.197 e. The first kappa shape index (κ1) is 30.4. The zero-order chi connectivity index (χ0) is 37.1. The quantitative estimate of drug-likeness (QED) is 0.182. The van der Waals surface area contributed by atoms with E-state index in [1.54, 1.807) is 6.33 Å². The fourth-order valence-corrected chi connectivity index (χ4v) is 10.5. The maximum absolute atomic E-state index is 6.48. The Morgan fingerprint density at radius 2 is 1.16 bits per heavy atom. The number of fused-ring (bicyclic) bond motifs is 13. The normalized spacial score (nSPS) is 16.7. The second-order valence-electron chi connectivity index (χ2n) is 16.3. The number of furan rings is 1. The molecule has 56 heavy (non-hydrogen) atoms. The van der Waals surface area contributed by atoms with E-state index >= 15 is 0 Å². The van der Waals surface area contributed by atoms with Crippen molar-refractivity contribution in [3.05, 3.63) is 180 Å². The van der Waals surface area contributed by atoms with Crippen molar-refractivity contribution in [3.63, 3.8) is 0 Å². The first-order chi connectivity index (χ1) is 27.4. The third kappa shape index (κ3) is 3.66. The molecule has 5 heteroatoms. The van der Waals surface area contributed by atoms with Gasteiger partial charge in [-0.05, 0) is 118 Å². The third-order valence-electron chi connectivity index (χ3n) is 13.2. The molecular formula is C51H34N4O. The average Bonchev–Trinajstić information content (AvgIpc) is 3.51. The molecule has 264 valence electrons. The molecule has 0 N–H and O–H groups in total. The molecule has 0 amide bonds. The van der Waals surface area contributed by atoms with Crippen LogP contribution < -0.4 is 4.90 Å². The lowest BCUT2D eigenvalue weighted by Gasteiger charge is -2.29. The number of rotatable bonds is 4. The number of para-hydroxylation sites is 2. The summed E-state index contributed by atoms with van der Waals surface area (Å²) in [6.45, 7) is 7.11. The minimum Gasteiger partial charge on any atom is -0.450 e. The van der Waals surface area contributed by atoms with Gasteiger partial charge >= 0.3 is 0 Å².